The molecule has 4 rings (SSSR count). The fourth-order valence-electron chi connectivity index (χ4n) is 3.00. The Morgan fingerprint density at radius 3 is 2.59 bits per heavy atom. The molecular formula is C24H19N5O3. The van der Waals surface area contributed by atoms with Gasteiger partial charge < -0.3 is 20.9 Å². The molecular weight excluding hydrogens is 406 g/mol. The maximum absolute atomic E-state index is 10.4. The molecule has 0 unspecified atom stereocenters. The van der Waals surface area contributed by atoms with Gasteiger partial charge in [0.15, 0.2) is 0 Å². The minimum Gasteiger partial charge on any atom is -0.472 e. The van der Waals surface area contributed by atoms with Crippen LogP contribution in [0, 0.1) is 11.8 Å². The molecule has 8 nitrogen and oxygen atoms in total. The number of pyridine rings is 1. The summed E-state index contributed by atoms with van der Waals surface area (Å²) in [5, 5.41) is 12.6. The molecule has 0 aliphatic heterocycles. The van der Waals surface area contributed by atoms with E-state index in [1.165, 1.54) is 6.33 Å². The molecule has 4 aromatic rings. The average molecular weight is 425 g/mol. The number of ether oxygens (including phenoxy) is 1. The largest absolute Gasteiger partial charge is 0.472 e. The molecule has 2 heterocycles. The Labute approximate surface area is 184 Å². The fraction of sp³-hybridized carbons (Fsp3) is 0.0833. The predicted octanol–water partition coefficient (Wildman–Crippen LogP) is 4.16. The van der Waals surface area contributed by atoms with Crippen LogP contribution in [0.1, 0.15) is 12.1 Å². The third kappa shape index (κ3) is 5.29. The smallest absolute Gasteiger partial charge is 0.381 e. The lowest BCUT2D eigenvalue weighted by Crippen LogP contribution is -1.97. The summed E-state index contributed by atoms with van der Waals surface area (Å²) in [4.78, 5) is 23.3. The van der Waals surface area contributed by atoms with Gasteiger partial charge in [-0.15, -0.1) is 0 Å². The van der Waals surface area contributed by atoms with Gasteiger partial charge in [0.1, 0.15) is 23.6 Å². The van der Waals surface area contributed by atoms with E-state index in [1.807, 2.05) is 48.5 Å². The summed E-state index contributed by atoms with van der Waals surface area (Å²) in [6.45, 7) is 0. The summed E-state index contributed by atoms with van der Waals surface area (Å²) in [5.41, 5.74) is 9.01. The maximum atomic E-state index is 10.4. The lowest BCUT2D eigenvalue weighted by Gasteiger charge is -2.10. The number of hydrogen-bond acceptors (Lipinski definition) is 7. The standard InChI is InChI=1S/C24H19N5O3/c25-16-5-12-22-21(13-16)24(28-15-27-22)29-18-7-9-19(10-8-18)32-20-11-6-17(26-14-20)3-1-2-4-23(30)31/h5-15H,1,3,25H2,(H,30,31)(H,27,28,29). The number of carbonyl (C=O) groups is 1. The number of aryl methyl sites for hydroxylation is 1. The van der Waals surface area contributed by atoms with E-state index in [0.29, 0.717) is 35.8 Å². The first-order valence-corrected chi connectivity index (χ1v) is 9.79. The van der Waals surface area contributed by atoms with E-state index in [4.69, 9.17) is 15.6 Å². The molecule has 0 spiro atoms. The number of benzene rings is 2. The van der Waals surface area contributed by atoms with Crippen molar-refractivity contribution in [3.63, 3.8) is 0 Å². The highest BCUT2D eigenvalue weighted by Crippen LogP contribution is 2.27. The molecule has 0 saturated heterocycles. The summed E-state index contributed by atoms with van der Waals surface area (Å²) in [6.07, 6.45) is 4.14. The molecule has 0 amide bonds. The van der Waals surface area contributed by atoms with E-state index in [-0.39, 0.29) is 0 Å². The Morgan fingerprint density at radius 2 is 1.84 bits per heavy atom. The van der Waals surface area contributed by atoms with E-state index < -0.39 is 5.97 Å². The first-order chi connectivity index (χ1) is 15.6. The quantitative estimate of drug-likeness (QED) is 0.311. The first-order valence-electron chi connectivity index (χ1n) is 9.79. The molecule has 0 fully saturated rings. The average Bonchev–Trinajstić information content (AvgIpc) is 2.79. The predicted molar refractivity (Wildman–Crippen MR) is 122 cm³/mol. The van der Waals surface area contributed by atoms with Gasteiger partial charge in [0, 0.05) is 41.2 Å². The number of hydrogen-bond donors (Lipinski definition) is 3. The van der Waals surface area contributed by atoms with Crippen LogP contribution in [-0.2, 0) is 11.2 Å². The Hall–Kier alpha value is -4.64. The van der Waals surface area contributed by atoms with Crippen molar-refractivity contribution in [2.24, 2.45) is 0 Å². The lowest BCUT2D eigenvalue weighted by atomic mass is 10.2. The molecule has 0 aliphatic carbocycles. The van der Waals surface area contributed by atoms with Crippen molar-refractivity contribution in [1.82, 2.24) is 15.0 Å². The van der Waals surface area contributed by atoms with Gasteiger partial charge in [-0.1, -0.05) is 5.92 Å². The number of nitrogen functional groups attached to an aromatic ring is 1. The Bertz CT molecular complexity index is 1310. The van der Waals surface area contributed by atoms with E-state index >= 15 is 0 Å². The van der Waals surface area contributed by atoms with E-state index in [2.05, 4.69) is 32.1 Å². The number of fused-ring (bicyclic) bond motifs is 1. The Kier molecular flexibility index (Phi) is 6.09. The summed E-state index contributed by atoms with van der Waals surface area (Å²) in [7, 11) is 0. The van der Waals surface area contributed by atoms with Crippen molar-refractivity contribution in [1.29, 1.82) is 0 Å². The molecule has 2 aromatic heterocycles. The number of anilines is 3. The van der Waals surface area contributed by atoms with Gasteiger partial charge >= 0.3 is 5.97 Å². The van der Waals surface area contributed by atoms with Crippen LogP contribution in [-0.4, -0.2) is 26.0 Å². The number of nitrogens with zero attached hydrogens (tertiary/aromatic N) is 3. The van der Waals surface area contributed by atoms with Crippen LogP contribution in [0.25, 0.3) is 10.9 Å². The minimum atomic E-state index is -1.13. The highest BCUT2D eigenvalue weighted by molar-refractivity contribution is 5.92. The summed E-state index contributed by atoms with van der Waals surface area (Å²) < 4.78 is 5.84. The number of nitrogens with one attached hydrogen (secondary N) is 1. The number of nitrogens with two attached hydrogens (primary N) is 1. The second-order valence-corrected chi connectivity index (χ2v) is 6.84. The Morgan fingerprint density at radius 1 is 1.03 bits per heavy atom. The topological polar surface area (TPSA) is 123 Å². The zero-order valence-electron chi connectivity index (χ0n) is 16.9. The van der Waals surface area contributed by atoms with Crippen molar-refractivity contribution in [2.75, 3.05) is 11.1 Å². The maximum Gasteiger partial charge on any atom is 0.381 e. The number of carboxylic acids is 1. The zero-order valence-corrected chi connectivity index (χ0v) is 16.9. The molecule has 0 radical (unpaired) electrons. The van der Waals surface area contributed by atoms with Gasteiger partial charge in [0.05, 0.1) is 11.7 Å². The fourth-order valence-corrected chi connectivity index (χ4v) is 3.00. The van der Waals surface area contributed by atoms with E-state index in [1.54, 1.807) is 12.3 Å². The van der Waals surface area contributed by atoms with Gasteiger partial charge in [0.25, 0.3) is 0 Å². The Balaban J connectivity index is 1.39. The number of aliphatic carboxylic acids is 1. The van der Waals surface area contributed by atoms with E-state index in [0.717, 1.165) is 22.3 Å². The van der Waals surface area contributed by atoms with Crippen LogP contribution in [0.4, 0.5) is 17.2 Å². The van der Waals surface area contributed by atoms with Crippen molar-refractivity contribution in [3.05, 3.63) is 72.8 Å². The molecule has 0 bridgehead atoms. The number of aromatic nitrogens is 3. The molecule has 8 heteroatoms. The second-order valence-electron chi connectivity index (χ2n) is 6.84. The second kappa shape index (κ2) is 9.45. The molecule has 2 aromatic carbocycles. The van der Waals surface area contributed by atoms with Gasteiger partial charge in [0.2, 0.25) is 0 Å². The molecule has 32 heavy (non-hydrogen) atoms. The summed E-state index contributed by atoms with van der Waals surface area (Å²) in [6, 6.07) is 16.6. The molecule has 4 N–H and O–H groups in total. The normalized spacial score (nSPS) is 10.2. The van der Waals surface area contributed by atoms with Gasteiger partial charge in [-0.2, -0.15) is 0 Å². The van der Waals surface area contributed by atoms with Gasteiger partial charge in [-0.05, 0) is 54.6 Å². The SMILES string of the molecule is Nc1ccc2ncnc(Nc3ccc(Oc4ccc(CCC#CC(=O)O)nc4)cc3)c2c1. The van der Waals surface area contributed by atoms with Crippen molar-refractivity contribution in [2.45, 2.75) is 12.8 Å². The van der Waals surface area contributed by atoms with Crippen LogP contribution in [0.2, 0.25) is 0 Å². The third-order valence-corrected chi connectivity index (χ3v) is 4.51. The summed E-state index contributed by atoms with van der Waals surface area (Å²) in [5.74, 6) is 5.47. The van der Waals surface area contributed by atoms with Crippen molar-refractivity contribution < 1.29 is 14.6 Å². The molecule has 158 valence electrons. The third-order valence-electron chi connectivity index (χ3n) is 4.51. The highest BCUT2D eigenvalue weighted by Gasteiger charge is 2.06. The van der Waals surface area contributed by atoms with Crippen LogP contribution in [0.15, 0.2) is 67.1 Å². The van der Waals surface area contributed by atoms with Gasteiger partial charge in [-0.25, -0.2) is 14.8 Å². The number of carboxylic acid groups (broad SMARTS) is 1. The van der Waals surface area contributed by atoms with Crippen molar-refractivity contribution >= 4 is 34.1 Å². The number of rotatable bonds is 6. The molecule has 0 aliphatic rings. The van der Waals surface area contributed by atoms with Crippen LogP contribution < -0.4 is 15.8 Å². The monoisotopic (exact) mass is 425 g/mol. The van der Waals surface area contributed by atoms with Crippen LogP contribution in [0.3, 0.4) is 0 Å². The zero-order chi connectivity index (χ0) is 22.3. The lowest BCUT2D eigenvalue weighted by molar-refractivity contribution is -0.130. The first kappa shape index (κ1) is 20.6. The highest BCUT2D eigenvalue weighted by atomic mass is 16.5. The van der Waals surface area contributed by atoms with Crippen LogP contribution in [0.5, 0.6) is 11.5 Å². The minimum absolute atomic E-state index is 0.433. The van der Waals surface area contributed by atoms with Gasteiger partial charge in [-0.3, -0.25) is 4.98 Å². The van der Waals surface area contributed by atoms with E-state index in [9.17, 15) is 4.79 Å². The molecule has 0 saturated carbocycles. The van der Waals surface area contributed by atoms with Crippen molar-refractivity contribution in [3.8, 4) is 23.3 Å². The summed E-state index contributed by atoms with van der Waals surface area (Å²) >= 11 is 0. The molecule has 0 atom stereocenters. The van der Waals surface area contributed by atoms with Crippen LogP contribution >= 0.6 is 0 Å².